The van der Waals surface area contributed by atoms with Gasteiger partial charge in [-0.3, -0.25) is 9.59 Å². The molecule has 1 saturated carbocycles. The Labute approximate surface area is 187 Å². The molecule has 1 fully saturated rings. The summed E-state index contributed by atoms with van der Waals surface area (Å²) in [7, 11) is 1.63. The number of aromatic hydroxyl groups is 1. The lowest BCUT2D eigenvalue weighted by atomic mass is 9.77. The molecule has 0 saturated heterocycles. The molecule has 6 heteroatoms. The van der Waals surface area contributed by atoms with Gasteiger partial charge in [0.2, 0.25) is 0 Å². The quantitative estimate of drug-likeness (QED) is 0.773. The molecule has 0 aromatic heterocycles. The first kappa shape index (κ1) is 20.6. The average molecular weight is 434 g/mol. The van der Waals surface area contributed by atoms with E-state index in [9.17, 15) is 14.7 Å². The zero-order valence-electron chi connectivity index (χ0n) is 18.1. The minimum atomic E-state index is -0.543. The zero-order chi connectivity index (χ0) is 22.2. The third-order valence-electron chi connectivity index (χ3n) is 6.85. The van der Waals surface area contributed by atoms with Crippen molar-refractivity contribution < 1.29 is 24.2 Å². The smallest absolute Gasteiger partial charge is 0.290 e. The van der Waals surface area contributed by atoms with Crippen molar-refractivity contribution in [3.8, 4) is 11.5 Å². The fourth-order valence-electron chi connectivity index (χ4n) is 5.21. The number of rotatable bonds is 5. The lowest BCUT2D eigenvalue weighted by Crippen LogP contribution is -2.39. The molecule has 1 N–H and O–H groups in total. The Morgan fingerprint density at radius 3 is 2.62 bits per heavy atom. The summed E-state index contributed by atoms with van der Waals surface area (Å²) in [5, 5.41) is 10.1. The van der Waals surface area contributed by atoms with E-state index in [0.717, 1.165) is 42.6 Å². The highest BCUT2D eigenvalue weighted by Crippen LogP contribution is 2.47. The van der Waals surface area contributed by atoms with Gasteiger partial charge in [0.25, 0.3) is 5.91 Å². The summed E-state index contributed by atoms with van der Waals surface area (Å²) in [6, 6.07) is 14.0. The first-order chi connectivity index (χ1) is 15.6. The zero-order valence-corrected chi connectivity index (χ0v) is 18.1. The van der Waals surface area contributed by atoms with Crippen LogP contribution in [0.2, 0.25) is 0 Å². The van der Waals surface area contributed by atoms with Gasteiger partial charge in [-0.2, -0.15) is 0 Å². The van der Waals surface area contributed by atoms with Crippen LogP contribution in [0.15, 0.2) is 59.9 Å². The van der Waals surface area contributed by atoms with E-state index in [4.69, 9.17) is 9.47 Å². The first-order valence-electron chi connectivity index (χ1n) is 11.2. The number of carbonyl (C=O) groups is 2. The molecule has 0 bridgehead atoms. The van der Waals surface area contributed by atoms with Crippen LogP contribution in [0.5, 0.6) is 11.5 Å². The summed E-state index contributed by atoms with van der Waals surface area (Å²) in [6.45, 7) is 0.435. The van der Waals surface area contributed by atoms with Gasteiger partial charge in [0.05, 0.1) is 24.6 Å². The third kappa shape index (κ3) is 3.53. The Morgan fingerprint density at radius 1 is 1.09 bits per heavy atom. The number of amides is 1. The first-order valence-corrected chi connectivity index (χ1v) is 11.2. The summed E-state index contributed by atoms with van der Waals surface area (Å²) in [5.41, 5.74) is 2.25. The molecule has 2 aliphatic heterocycles. The van der Waals surface area contributed by atoms with Crippen LogP contribution in [-0.4, -0.2) is 41.5 Å². The van der Waals surface area contributed by atoms with Crippen LogP contribution in [-0.2, 0) is 20.7 Å². The van der Waals surface area contributed by atoms with Crippen molar-refractivity contribution in [1.29, 1.82) is 0 Å². The van der Waals surface area contributed by atoms with E-state index in [1.807, 2.05) is 30.3 Å². The normalized spacial score (nSPS) is 24.8. The summed E-state index contributed by atoms with van der Waals surface area (Å²) < 4.78 is 11.4. The van der Waals surface area contributed by atoms with E-state index in [2.05, 4.69) is 0 Å². The lowest BCUT2D eigenvalue weighted by Gasteiger charge is -2.35. The van der Waals surface area contributed by atoms with E-state index < -0.39 is 6.04 Å². The third-order valence-corrected chi connectivity index (χ3v) is 6.85. The molecular weight excluding hydrogens is 406 g/mol. The van der Waals surface area contributed by atoms with Crippen molar-refractivity contribution in [1.82, 2.24) is 4.90 Å². The van der Waals surface area contributed by atoms with Gasteiger partial charge >= 0.3 is 0 Å². The van der Waals surface area contributed by atoms with Crippen LogP contribution in [0.25, 0.3) is 0 Å². The van der Waals surface area contributed by atoms with E-state index in [-0.39, 0.29) is 35.2 Å². The number of ether oxygens (including phenoxy) is 2. The van der Waals surface area contributed by atoms with E-state index in [1.54, 1.807) is 30.2 Å². The molecule has 3 aliphatic rings. The minimum absolute atomic E-state index is 0.0320. The van der Waals surface area contributed by atoms with Gasteiger partial charge in [-0.05, 0) is 61.1 Å². The van der Waals surface area contributed by atoms with Gasteiger partial charge in [0.1, 0.15) is 17.6 Å². The highest BCUT2D eigenvalue weighted by molar-refractivity contribution is 6.11. The molecule has 1 aliphatic carbocycles. The summed E-state index contributed by atoms with van der Waals surface area (Å²) in [5.74, 6) is 0.711. The lowest BCUT2D eigenvalue weighted by molar-refractivity contribution is -0.135. The predicted molar refractivity (Wildman–Crippen MR) is 118 cm³/mol. The van der Waals surface area contributed by atoms with Crippen LogP contribution in [0.3, 0.4) is 0 Å². The molecule has 0 spiro atoms. The Balaban J connectivity index is 1.48. The molecule has 6 nitrogen and oxygen atoms in total. The molecular formula is C26H27NO5. The average Bonchev–Trinajstić information content (AvgIpc) is 3.10. The molecule has 2 heterocycles. The number of methoxy groups -OCH3 is 1. The maximum absolute atomic E-state index is 13.6. The van der Waals surface area contributed by atoms with Gasteiger partial charge in [0, 0.05) is 6.54 Å². The fourth-order valence-corrected chi connectivity index (χ4v) is 5.21. The molecule has 0 radical (unpaired) electrons. The van der Waals surface area contributed by atoms with Gasteiger partial charge < -0.3 is 19.5 Å². The maximum Gasteiger partial charge on any atom is 0.290 e. The fraction of sp³-hybridized carbons (Fsp3) is 0.385. The van der Waals surface area contributed by atoms with Crippen molar-refractivity contribution in [2.24, 2.45) is 5.92 Å². The number of nitrogens with zero attached hydrogens (tertiary/aromatic N) is 1. The van der Waals surface area contributed by atoms with E-state index in [1.165, 1.54) is 0 Å². The topological polar surface area (TPSA) is 76.1 Å². The van der Waals surface area contributed by atoms with E-state index >= 15 is 0 Å². The standard InChI is InChI=1S/C26H27NO5/c1-31-19-11-9-16(10-12-19)13-14-27-23(17-5-4-6-18(28)15-17)22-24(29)20-7-2-3-8-21(20)32-25(22)26(27)30/h4-6,9-12,15,20-21,23,28H,2-3,7-8,13-14H2,1H3. The van der Waals surface area contributed by atoms with Gasteiger partial charge in [-0.25, -0.2) is 0 Å². The number of Topliss-reactive ketones (excluding diaryl/α,β-unsaturated/α-hetero) is 1. The summed E-state index contributed by atoms with van der Waals surface area (Å²) in [4.78, 5) is 28.7. The molecule has 2 aromatic rings. The van der Waals surface area contributed by atoms with Crippen molar-refractivity contribution in [3.63, 3.8) is 0 Å². The largest absolute Gasteiger partial charge is 0.508 e. The number of hydrogen-bond acceptors (Lipinski definition) is 5. The van der Waals surface area contributed by atoms with Crippen LogP contribution in [0.1, 0.15) is 42.9 Å². The Bertz CT molecular complexity index is 1070. The van der Waals surface area contributed by atoms with Gasteiger partial charge in [0.15, 0.2) is 11.5 Å². The number of carbonyl (C=O) groups excluding carboxylic acids is 2. The predicted octanol–water partition coefficient (Wildman–Crippen LogP) is 3.94. The molecule has 32 heavy (non-hydrogen) atoms. The molecule has 5 rings (SSSR count). The second-order valence-electron chi connectivity index (χ2n) is 8.75. The second kappa shape index (κ2) is 8.34. The number of fused-ring (bicyclic) bond motifs is 1. The minimum Gasteiger partial charge on any atom is -0.508 e. The highest BCUT2D eigenvalue weighted by Gasteiger charge is 2.51. The van der Waals surface area contributed by atoms with Crippen molar-refractivity contribution in [3.05, 3.63) is 71.0 Å². The summed E-state index contributed by atoms with van der Waals surface area (Å²) in [6.07, 6.45) is 4.06. The van der Waals surface area contributed by atoms with Crippen molar-refractivity contribution in [2.45, 2.75) is 44.2 Å². The number of benzene rings is 2. The maximum atomic E-state index is 13.6. The number of ketones is 1. The van der Waals surface area contributed by atoms with Crippen LogP contribution in [0, 0.1) is 5.92 Å². The molecule has 1 amide bonds. The van der Waals surface area contributed by atoms with Crippen molar-refractivity contribution >= 4 is 11.7 Å². The Morgan fingerprint density at radius 2 is 1.88 bits per heavy atom. The SMILES string of the molecule is COc1ccc(CCN2C(=O)C3=C(C(=O)C4CCCCC4O3)C2c2cccc(O)c2)cc1. The summed E-state index contributed by atoms with van der Waals surface area (Å²) >= 11 is 0. The molecule has 166 valence electrons. The van der Waals surface area contributed by atoms with E-state index in [0.29, 0.717) is 18.5 Å². The number of hydrogen-bond donors (Lipinski definition) is 1. The second-order valence-corrected chi connectivity index (χ2v) is 8.75. The van der Waals surface area contributed by atoms with Crippen LogP contribution >= 0.6 is 0 Å². The molecule has 3 unspecified atom stereocenters. The van der Waals surface area contributed by atoms with Gasteiger partial charge in [-0.1, -0.05) is 30.7 Å². The number of phenols is 1. The van der Waals surface area contributed by atoms with Crippen LogP contribution < -0.4 is 4.74 Å². The monoisotopic (exact) mass is 433 g/mol. The Hall–Kier alpha value is -3.28. The Kier molecular flexibility index (Phi) is 5.37. The van der Waals surface area contributed by atoms with Crippen LogP contribution in [0.4, 0.5) is 0 Å². The van der Waals surface area contributed by atoms with Crippen molar-refractivity contribution in [2.75, 3.05) is 13.7 Å². The number of phenolic OH excluding ortho intramolecular Hbond substituents is 1. The highest BCUT2D eigenvalue weighted by atomic mass is 16.5. The molecule has 2 aromatic carbocycles. The van der Waals surface area contributed by atoms with Gasteiger partial charge in [-0.15, -0.1) is 0 Å². The molecule has 3 atom stereocenters.